The Bertz CT molecular complexity index is 1130. The van der Waals surface area contributed by atoms with Crippen LogP contribution in [0.4, 0.5) is 0 Å². The van der Waals surface area contributed by atoms with E-state index in [1.54, 1.807) is 27.7 Å². The van der Waals surface area contributed by atoms with Gasteiger partial charge in [-0.3, -0.25) is 8.37 Å². The number of azide groups is 1. The van der Waals surface area contributed by atoms with E-state index in [-0.39, 0.29) is 11.6 Å². The van der Waals surface area contributed by atoms with Gasteiger partial charge in [-0.05, 0) is 51.4 Å². The third kappa shape index (κ3) is 9.88. The van der Waals surface area contributed by atoms with E-state index in [9.17, 15) is 22.4 Å². The molecule has 2 fully saturated rings. The molecule has 2 saturated heterocycles. The molecule has 0 aliphatic carbocycles. The third-order valence-corrected chi connectivity index (χ3v) is 12.4. The Morgan fingerprint density at radius 2 is 1.44 bits per heavy atom. The van der Waals surface area contributed by atoms with Gasteiger partial charge in [-0.25, -0.2) is 0 Å². The molecule has 228 valence electrons. The SMILES string of the molecule is CC1(C)O[C@H]([C@H](N=[N+]=[N-])[C@@H]2OC(C)(C)O[C@H]2COS(C)(=O)=O)[C@@H]([C@H](CO[Si](C)(C)C(C)(C)C)OS(C)(=O)=O)O1. The van der Waals surface area contributed by atoms with E-state index < -0.39 is 83.3 Å². The highest BCUT2D eigenvalue weighted by atomic mass is 32.2. The first-order chi connectivity index (χ1) is 17.4. The summed E-state index contributed by atoms with van der Waals surface area (Å²) < 4.78 is 88.8. The Balaban J connectivity index is 2.50. The van der Waals surface area contributed by atoms with Gasteiger partial charge in [-0.15, -0.1) is 0 Å². The molecule has 2 heterocycles. The molecule has 0 N–H and O–H groups in total. The summed E-state index contributed by atoms with van der Waals surface area (Å²) in [5, 5.41) is 3.75. The molecule has 0 aromatic rings. The first-order valence-corrected chi connectivity index (χ1v) is 19.0. The van der Waals surface area contributed by atoms with Gasteiger partial charge in [0.2, 0.25) is 0 Å². The molecule has 2 aliphatic rings. The Hall–Kier alpha value is -0.853. The monoisotopic (exact) mass is 617 g/mol. The van der Waals surface area contributed by atoms with Gasteiger partial charge in [0.25, 0.3) is 20.2 Å². The maximum Gasteiger partial charge on any atom is 0.264 e. The fraction of sp³-hybridized carbons (Fsp3) is 1.00. The van der Waals surface area contributed by atoms with Crippen LogP contribution in [-0.4, -0.2) is 99.0 Å². The standard InChI is InChI=1S/C22H43N3O11S2Si/c1-20(2,3)39(10,11)31-13-15(36-38(9,28)29)18-19(35-22(6,7)34-18)16(24-25-23)17-14(12-30-37(8,26)27)32-21(4,5)33-17/h14-19H,12-13H2,1-11H3/t14-,15-,16+,17+,18+,19+/m0/s1. The van der Waals surface area contributed by atoms with E-state index in [0.717, 1.165) is 12.5 Å². The predicted octanol–water partition coefficient (Wildman–Crippen LogP) is 3.05. The topological polar surface area (TPSA) is 182 Å². The van der Waals surface area contributed by atoms with E-state index in [1.807, 2.05) is 33.9 Å². The van der Waals surface area contributed by atoms with Crippen LogP contribution in [0.1, 0.15) is 48.5 Å². The van der Waals surface area contributed by atoms with Gasteiger partial charge in [0.05, 0.1) is 31.8 Å². The third-order valence-electron chi connectivity index (χ3n) is 6.77. The summed E-state index contributed by atoms with van der Waals surface area (Å²) >= 11 is 0. The predicted molar refractivity (Wildman–Crippen MR) is 144 cm³/mol. The molecule has 2 aliphatic heterocycles. The molecule has 6 atom stereocenters. The van der Waals surface area contributed by atoms with Crippen molar-refractivity contribution >= 4 is 28.6 Å². The van der Waals surface area contributed by atoms with Gasteiger partial charge in [0.15, 0.2) is 19.9 Å². The lowest BCUT2D eigenvalue weighted by atomic mass is 9.95. The van der Waals surface area contributed by atoms with Crippen LogP contribution in [0, 0.1) is 0 Å². The second kappa shape index (κ2) is 11.8. The minimum Gasteiger partial charge on any atom is -0.414 e. The van der Waals surface area contributed by atoms with Crippen molar-refractivity contribution in [2.24, 2.45) is 5.11 Å². The van der Waals surface area contributed by atoms with Gasteiger partial charge in [0, 0.05) is 4.91 Å². The average Bonchev–Trinajstić information content (AvgIpc) is 3.20. The van der Waals surface area contributed by atoms with Crippen molar-refractivity contribution in [2.45, 2.75) is 115 Å². The Morgan fingerprint density at radius 1 is 0.923 bits per heavy atom. The summed E-state index contributed by atoms with van der Waals surface area (Å²) in [6.45, 7) is 16.1. The van der Waals surface area contributed by atoms with Crippen LogP contribution in [0.15, 0.2) is 5.11 Å². The molecule has 39 heavy (non-hydrogen) atoms. The minimum atomic E-state index is -3.98. The number of rotatable bonds is 12. The zero-order valence-electron chi connectivity index (χ0n) is 24.5. The Morgan fingerprint density at radius 3 is 1.92 bits per heavy atom. The average molecular weight is 618 g/mol. The van der Waals surface area contributed by atoms with Crippen molar-refractivity contribution in [3.8, 4) is 0 Å². The van der Waals surface area contributed by atoms with E-state index in [4.69, 9.17) is 31.7 Å². The molecular formula is C22H43N3O11S2Si. The number of ether oxygens (including phenoxy) is 4. The van der Waals surface area contributed by atoms with Crippen LogP contribution in [0.5, 0.6) is 0 Å². The lowest BCUT2D eigenvalue weighted by molar-refractivity contribution is -0.162. The first-order valence-electron chi connectivity index (χ1n) is 12.5. The molecular weight excluding hydrogens is 574 g/mol. The Kier molecular flexibility index (Phi) is 10.4. The molecule has 17 heteroatoms. The van der Waals surface area contributed by atoms with Gasteiger partial charge < -0.3 is 23.4 Å². The normalized spacial score (nSPS) is 29.1. The molecule has 2 rings (SSSR count). The summed E-state index contributed by atoms with van der Waals surface area (Å²) in [6, 6.07) is -1.16. The fourth-order valence-electron chi connectivity index (χ4n) is 4.13. The van der Waals surface area contributed by atoms with Crippen LogP contribution in [0.3, 0.4) is 0 Å². The van der Waals surface area contributed by atoms with Crippen molar-refractivity contribution < 1.29 is 48.6 Å². The maximum atomic E-state index is 12.3. The maximum absolute atomic E-state index is 12.3. The molecule has 0 bridgehead atoms. The molecule has 0 radical (unpaired) electrons. The van der Waals surface area contributed by atoms with E-state index >= 15 is 0 Å². The van der Waals surface area contributed by atoms with Gasteiger partial charge in [-0.1, -0.05) is 25.9 Å². The van der Waals surface area contributed by atoms with Crippen molar-refractivity contribution in [3.05, 3.63) is 10.4 Å². The number of nitrogens with zero attached hydrogens (tertiary/aromatic N) is 3. The smallest absolute Gasteiger partial charge is 0.264 e. The second-order valence-electron chi connectivity index (χ2n) is 12.3. The van der Waals surface area contributed by atoms with Gasteiger partial charge >= 0.3 is 0 Å². The fourth-order valence-corrected chi connectivity index (χ4v) is 6.14. The Labute approximate surface area is 232 Å². The highest BCUT2D eigenvalue weighted by Gasteiger charge is 2.56. The lowest BCUT2D eigenvalue weighted by Crippen LogP contribution is -2.53. The van der Waals surface area contributed by atoms with Crippen LogP contribution in [-0.2, 0) is 52.0 Å². The van der Waals surface area contributed by atoms with Crippen LogP contribution < -0.4 is 0 Å². The molecule has 0 spiro atoms. The molecule has 0 saturated carbocycles. The van der Waals surface area contributed by atoms with Crippen molar-refractivity contribution in [3.63, 3.8) is 0 Å². The summed E-state index contributed by atoms with van der Waals surface area (Å²) in [7, 11) is -10.2. The van der Waals surface area contributed by atoms with Crippen molar-refractivity contribution in [1.82, 2.24) is 0 Å². The van der Waals surface area contributed by atoms with E-state index in [1.165, 1.54) is 0 Å². The minimum absolute atomic E-state index is 0.138. The highest BCUT2D eigenvalue weighted by molar-refractivity contribution is 7.86. The summed E-state index contributed by atoms with van der Waals surface area (Å²) in [4.78, 5) is 2.96. The quantitative estimate of drug-likeness (QED) is 0.103. The summed E-state index contributed by atoms with van der Waals surface area (Å²) in [6.07, 6.45) is -3.54. The highest BCUT2D eigenvalue weighted by Crippen LogP contribution is 2.41. The molecule has 0 aromatic heterocycles. The molecule has 0 unspecified atom stereocenters. The zero-order chi connectivity index (χ0) is 30.2. The molecule has 14 nitrogen and oxygen atoms in total. The largest absolute Gasteiger partial charge is 0.414 e. The zero-order valence-corrected chi connectivity index (χ0v) is 27.2. The van der Waals surface area contributed by atoms with Gasteiger partial charge in [-0.2, -0.15) is 16.8 Å². The summed E-state index contributed by atoms with van der Waals surface area (Å²) in [5.74, 6) is -2.42. The van der Waals surface area contributed by atoms with E-state index in [0.29, 0.717) is 0 Å². The number of hydrogen-bond donors (Lipinski definition) is 0. The van der Waals surface area contributed by atoms with Crippen molar-refractivity contribution in [2.75, 3.05) is 25.7 Å². The first kappa shape index (κ1) is 34.3. The summed E-state index contributed by atoms with van der Waals surface area (Å²) in [5.41, 5.74) is 9.47. The van der Waals surface area contributed by atoms with E-state index in [2.05, 4.69) is 10.0 Å². The lowest BCUT2D eigenvalue weighted by Gasteiger charge is -2.38. The number of hydrogen-bond acceptors (Lipinski definition) is 12. The van der Waals surface area contributed by atoms with Gasteiger partial charge in [0.1, 0.15) is 30.5 Å². The molecule has 0 amide bonds. The van der Waals surface area contributed by atoms with Crippen LogP contribution in [0.2, 0.25) is 18.1 Å². The van der Waals surface area contributed by atoms with Crippen molar-refractivity contribution in [1.29, 1.82) is 0 Å². The van der Waals surface area contributed by atoms with Crippen LogP contribution >= 0.6 is 0 Å². The van der Waals surface area contributed by atoms with Crippen LogP contribution in [0.25, 0.3) is 10.4 Å². The molecule has 0 aromatic carbocycles. The second-order valence-corrected chi connectivity index (χ2v) is 20.4.